The zero-order chi connectivity index (χ0) is 12.7. The maximum Gasteiger partial charge on any atom is 0.237 e. The van der Waals surface area contributed by atoms with Gasteiger partial charge in [0.1, 0.15) is 0 Å². The Morgan fingerprint density at radius 2 is 2.00 bits per heavy atom. The highest BCUT2D eigenvalue weighted by Crippen LogP contribution is 2.17. The fourth-order valence-corrected chi connectivity index (χ4v) is 2.30. The molecule has 0 aromatic rings. The molecule has 0 saturated heterocycles. The Bertz CT molecular complexity index is 223. The predicted molar refractivity (Wildman–Crippen MR) is 68.8 cm³/mol. The molecule has 1 aliphatic carbocycles. The number of rotatable bonds is 6. The number of aliphatic hydroxyl groups is 1. The molecule has 0 aliphatic heterocycles. The molecule has 1 aliphatic rings. The SMILES string of the molecule is CCC(CO)NC(C)C(=O)NC1CCCCC1. The Kier molecular flexibility index (Phi) is 6.52. The molecule has 17 heavy (non-hydrogen) atoms. The first-order valence-corrected chi connectivity index (χ1v) is 6.84. The number of carbonyl (C=O) groups is 1. The Labute approximate surface area is 104 Å². The van der Waals surface area contributed by atoms with Gasteiger partial charge in [-0.3, -0.25) is 4.79 Å². The van der Waals surface area contributed by atoms with Gasteiger partial charge in [0.25, 0.3) is 0 Å². The first-order valence-electron chi connectivity index (χ1n) is 6.84. The molecule has 1 fully saturated rings. The quantitative estimate of drug-likeness (QED) is 0.655. The van der Waals surface area contributed by atoms with E-state index in [0.29, 0.717) is 6.04 Å². The number of carbonyl (C=O) groups excluding carboxylic acids is 1. The van der Waals surface area contributed by atoms with Gasteiger partial charge in [0.2, 0.25) is 5.91 Å². The largest absolute Gasteiger partial charge is 0.395 e. The van der Waals surface area contributed by atoms with Crippen molar-refractivity contribution in [2.24, 2.45) is 0 Å². The lowest BCUT2D eigenvalue weighted by Crippen LogP contribution is -2.50. The van der Waals surface area contributed by atoms with Crippen molar-refractivity contribution in [3.63, 3.8) is 0 Å². The molecule has 0 aromatic heterocycles. The highest BCUT2D eigenvalue weighted by Gasteiger charge is 2.20. The predicted octanol–water partition coefficient (Wildman–Crippen LogP) is 1.18. The Hall–Kier alpha value is -0.610. The lowest BCUT2D eigenvalue weighted by molar-refractivity contribution is -0.123. The number of aliphatic hydroxyl groups excluding tert-OH is 1. The van der Waals surface area contributed by atoms with Crippen LogP contribution in [-0.2, 0) is 4.79 Å². The first-order chi connectivity index (χ1) is 8.17. The van der Waals surface area contributed by atoms with Gasteiger partial charge < -0.3 is 15.7 Å². The monoisotopic (exact) mass is 242 g/mol. The molecule has 0 aromatic carbocycles. The van der Waals surface area contributed by atoms with E-state index in [4.69, 9.17) is 5.11 Å². The minimum atomic E-state index is -0.228. The second kappa shape index (κ2) is 7.67. The normalized spacial score (nSPS) is 20.9. The van der Waals surface area contributed by atoms with Crippen molar-refractivity contribution >= 4 is 5.91 Å². The van der Waals surface area contributed by atoms with Gasteiger partial charge in [0.15, 0.2) is 0 Å². The van der Waals surface area contributed by atoms with Gasteiger partial charge >= 0.3 is 0 Å². The average molecular weight is 242 g/mol. The summed E-state index contributed by atoms with van der Waals surface area (Å²) in [4.78, 5) is 11.9. The summed E-state index contributed by atoms with van der Waals surface area (Å²) in [5, 5.41) is 15.3. The topological polar surface area (TPSA) is 61.4 Å². The van der Waals surface area contributed by atoms with E-state index in [9.17, 15) is 4.79 Å². The molecule has 1 saturated carbocycles. The maximum atomic E-state index is 11.9. The smallest absolute Gasteiger partial charge is 0.237 e. The minimum Gasteiger partial charge on any atom is -0.395 e. The molecule has 0 radical (unpaired) electrons. The number of hydrogen-bond acceptors (Lipinski definition) is 3. The van der Waals surface area contributed by atoms with E-state index in [0.717, 1.165) is 19.3 Å². The maximum absolute atomic E-state index is 11.9. The molecule has 2 unspecified atom stereocenters. The Balaban J connectivity index is 2.30. The number of amides is 1. The van der Waals surface area contributed by atoms with Crippen molar-refractivity contribution in [1.82, 2.24) is 10.6 Å². The number of hydrogen-bond donors (Lipinski definition) is 3. The lowest BCUT2D eigenvalue weighted by Gasteiger charge is -2.26. The summed E-state index contributed by atoms with van der Waals surface area (Å²) >= 11 is 0. The fraction of sp³-hybridized carbons (Fsp3) is 0.923. The Morgan fingerprint density at radius 3 is 2.53 bits per heavy atom. The third kappa shape index (κ3) is 5.04. The van der Waals surface area contributed by atoms with Crippen LogP contribution in [0.3, 0.4) is 0 Å². The third-order valence-corrected chi connectivity index (χ3v) is 3.54. The summed E-state index contributed by atoms with van der Waals surface area (Å²) in [5.74, 6) is 0.0591. The molecule has 1 rings (SSSR count). The molecule has 2 atom stereocenters. The second-order valence-corrected chi connectivity index (χ2v) is 5.02. The van der Waals surface area contributed by atoms with Crippen LogP contribution in [0, 0.1) is 0 Å². The summed E-state index contributed by atoms with van der Waals surface area (Å²) in [5.41, 5.74) is 0. The van der Waals surface area contributed by atoms with Crippen LogP contribution in [0.25, 0.3) is 0 Å². The lowest BCUT2D eigenvalue weighted by atomic mass is 9.95. The van der Waals surface area contributed by atoms with Crippen molar-refractivity contribution < 1.29 is 9.90 Å². The van der Waals surface area contributed by atoms with E-state index in [1.54, 1.807) is 0 Å². The van der Waals surface area contributed by atoms with E-state index in [-0.39, 0.29) is 24.6 Å². The molecular weight excluding hydrogens is 216 g/mol. The summed E-state index contributed by atoms with van der Waals surface area (Å²) in [6, 6.07) is 0.144. The molecule has 0 bridgehead atoms. The minimum absolute atomic E-state index is 0.0158. The summed E-state index contributed by atoms with van der Waals surface area (Å²) in [7, 11) is 0. The number of nitrogens with one attached hydrogen (secondary N) is 2. The zero-order valence-corrected chi connectivity index (χ0v) is 11.0. The van der Waals surface area contributed by atoms with E-state index in [2.05, 4.69) is 10.6 Å². The Morgan fingerprint density at radius 1 is 1.35 bits per heavy atom. The molecule has 3 N–H and O–H groups in total. The van der Waals surface area contributed by atoms with Gasteiger partial charge in [0, 0.05) is 12.1 Å². The van der Waals surface area contributed by atoms with E-state index in [1.807, 2.05) is 13.8 Å². The second-order valence-electron chi connectivity index (χ2n) is 5.02. The van der Waals surface area contributed by atoms with Gasteiger partial charge in [-0.1, -0.05) is 26.2 Å². The van der Waals surface area contributed by atoms with E-state index >= 15 is 0 Å². The van der Waals surface area contributed by atoms with Crippen molar-refractivity contribution in [1.29, 1.82) is 0 Å². The average Bonchev–Trinajstić information content (AvgIpc) is 2.36. The fourth-order valence-electron chi connectivity index (χ4n) is 2.30. The highest BCUT2D eigenvalue weighted by molar-refractivity contribution is 5.81. The van der Waals surface area contributed by atoms with Gasteiger partial charge in [-0.25, -0.2) is 0 Å². The standard InChI is InChI=1S/C13H26N2O2/c1-3-11(9-16)14-10(2)13(17)15-12-7-5-4-6-8-12/h10-12,14,16H,3-9H2,1-2H3,(H,15,17). The summed E-state index contributed by atoms with van der Waals surface area (Å²) < 4.78 is 0. The van der Waals surface area contributed by atoms with Crippen LogP contribution in [0.5, 0.6) is 0 Å². The first kappa shape index (κ1) is 14.5. The van der Waals surface area contributed by atoms with Gasteiger partial charge in [0.05, 0.1) is 12.6 Å². The third-order valence-electron chi connectivity index (χ3n) is 3.54. The van der Waals surface area contributed by atoms with Crippen LogP contribution in [-0.4, -0.2) is 35.7 Å². The van der Waals surface area contributed by atoms with Crippen LogP contribution in [0.15, 0.2) is 0 Å². The molecule has 0 spiro atoms. The van der Waals surface area contributed by atoms with Gasteiger partial charge in [-0.05, 0) is 26.2 Å². The van der Waals surface area contributed by atoms with Crippen molar-refractivity contribution in [3.8, 4) is 0 Å². The molecular formula is C13H26N2O2. The highest BCUT2D eigenvalue weighted by atomic mass is 16.3. The zero-order valence-electron chi connectivity index (χ0n) is 11.0. The molecule has 4 nitrogen and oxygen atoms in total. The van der Waals surface area contributed by atoms with Gasteiger partial charge in [-0.2, -0.15) is 0 Å². The van der Waals surface area contributed by atoms with E-state index in [1.165, 1.54) is 19.3 Å². The van der Waals surface area contributed by atoms with Crippen LogP contribution in [0.4, 0.5) is 0 Å². The molecule has 0 heterocycles. The summed E-state index contributed by atoms with van der Waals surface area (Å²) in [6.07, 6.45) is 6.79. The van der Waals surface area contributed by atoms with Crippen molar-refractivity contribution in [3.05, 3.63) is 0 Å². The van der Waals surface area contributed by atoms with Gasteiger partial charge in [-0.15, -0.1) is 0 Å². The van der Waals surface area contributed by atoms with Crippen LogP contribution >= 0.6 is 0 Å². The molecule has 100 valence electrons. The van der Waals surface area contributed by atoms with Crippen LogP contribution in [0.1, 0.15) is 52.4 Å². The van der Waals surface area contributed by atoms with E-state index < -0.39 is 0 Å². The van der Waals surface area contributed by atoms with Crippen molar-refractivity contribution in [2.45, 2.75) is 70.5 Å². The van der Waals surface area contributed by atoms with Crippen LogP contribution < -0.4 is 10.6 Å². The summed E-state index contributed by atoms with van der Waals surface area (Å²) in [6.45, 7) is 3.94. The van der Waals surface area contributed by atoms with Crippen molar-refractivity contribution in [2.75, 3.05) is 6.61 Å². The van der Waals surface area contributed by atoms with Crippen LogP contribution in [0.2, 0.25) is 0 Å². The molecule has 4 heteroatoms. The molecule has 1 amide bonds.